The SMILES string of the molecule is N=c1nc2ccccc2c2n1CCN2. The highest BCUT2D eigenvalue weighted by Gasteiger charge is 2.13. The zero-order valence-electron chi connectivity index (χ0n) is 7.62. The minimum absolute atomic E-state index is 0.337. The Bertz CT molecular complexity index is 556. The number of nitrogens with one attached hydrogen (secondary N) is 2. The van der Waals surface area contributed by atoms with Gasteiger partial charge in [-0.25, -0.2) is 4.98 Å². The lowest BCUT2D eigenvalue weighted by molar-refractivity contribution is 0.717. The molecule has 0 unspecified atom stereocenters. The van der Waals surface area contributed by atoms with Gasteiger partial charge in [-0.3, -0.25) is 9.98 Å². The molecule has 0 saturated carbocycles. The largest absolute Gasteiger partial charge is 0.369 e. The predicted molar refractivity (Wildman–Crippen MR) is 54.1 cm³/mol. The van der Waals surface area contributed by atoms with Gasteiger partial charge in [0.1, 0.15) is 5.82 Å². The molecule has 0 atom stereocenters. The van der Waals surface area contributed by atoms with E-state index in [9.17, 15) is 0 Å². The van der Waals surface area contributed by atoms with Crippen molar-refractivity contribution in [2.45, 2.75) is 6.54 Å². The summed E-state index contributed by atoms with van der Waals surface area (Å²) in [6, 6.07) is 7.91. The molecule has 0 spiro atoms. The van der Waals surface area contributed by atoms with Gasteiger partial charge in [0.2, 0.25) is 5.62 Å². The van der Waals surface area contributed by atoms with Crippen LogP contribution in [-0.2, 0) is 6.54 Å². The standard InChI is InChI=1S/C10H10N4/c11-10-13-8-4-2-1-3-7(8)9-12-5-6-14(9)10/h1-4,11-12H,5-6H2. The minimum Gasteiger partial charge on any atom is -0.369 e. The quantitative estimate of drug-likeness (QED) is 0.643. The molecule has 3 rings (SSSR count). The Labute approximate surface area is 80.7 Å². The van der Waals surface area contributed by atoms with E-state index in [0.717, 1.165) is 29.8 Å². The summed E-state index contributed by atoms with van der Waals surface area (Å²) in [6.07, 6.45) is 0. The molecule has 0 bridgehead atoms. The average Bonchev–Trinajstić information content (AvgIpc) is 2.67. The van der Waals surface area contributed by atoms with Gasteiger partial charge in [0.05, 0.1) is 5.52 Å². The van der Waals surface area contributed by atoms with Gasteiger partial charge < -0.3 is 5.32 Å². The van der Waals surface area contributed by atoms with Crippen molar-refractivity contribution in [3.63, 3.8) is 0 Å². The molecule has 0 radical (unpaired) electrons. The molecule has 1 aromatic heterocycles. The van der Waals surface area contributed by atoms with E-state index in [0.29, 0.717) is 5.62 Å². The zero-order chi connectivity index (χ0) is 9.54. The highest BCUT2D eigenvalue weighted by Crippen LogP contribution is 2.21. The molecule has 14 heavy (non-hydrogen) atoms. The van der Waals surface area contributed by atoms with E-state index in [4.69, 9.17) is 5.41 Å². The van der Waals surface area contributed by atoms with E-state index < -0.39 is 0 Å². The number of hydrogen-bond acceptors (Lipinski definition) is 3. The van der Waals surface area contributed by atoms with Crippen molar-refractivity contribution >= 4 is 16.7 Å². The van der Waals surface area contributed by atoms with Crippen LogP contribution in [0.4, 0.5) is 5.82 Å². The first-order chi connectivity index (χ1) is 6.86. The Morgan fingerprint density at radius 3 is 3.14 bits per heavy atom. The third-order valence-corrected chi connectivity index (χ3v) is 2.54. The van der Waals surface area contributed by atoms with E-state index in [1.54, 1.807) is 0 Å². The van der Waals surface area contributed by atoms with Crippen molar-refractivity contribution in [3.05, 3.63) is 29.9 Å². The molecular formula is C10H10N4. The molecule has 1 aromatic carbocycles. The second-order valence-corrected chi connectivity index (χ2v) is 3.38. The summed E-state index contributed by atoms with van der Waals surface area (Å²) in [7, 11) is 0. The first-order valence-electron chi connectivity index (χ1n) is 4.64. The highest BCUT2D eigenvalue weighted by atomic mass is 15.2. The van der Waals surface area contributed by atoms with E-state index in [-0.39, 0.29) is 0 Å². The molecule has 0 aliphatic carbocycles. The zero-order valence-corrected chi connectivity index (χ0v) is 7.62. The summed E-state index contributed by atoms with van der Waals surface area (Å²) in [5, 5.41) is 12.1. The lowest BCUT2D eigenvalue weighted by atomic mass is 10.2. The second kappa shape index (κ2) is 2.57. The van der Waals surface area contributed by atoms with Crippen molar-refractivity contribution in [2.75, 3.05) is 11.9 Å². The van der Waals surface area contributed by atoms with Gasteiger partial charge in [-0.1, -0.05) is 12.1 Å². The Morgan fingerprint density at radius 2 is 2.21 bits per heavy atom. The number of fused-ring (bicyclic) bond motifs is 3. The number of para-hydroxylation sites is 1. The van der Waals surface area contributed by atoms with Crippen molar-refractivity contribution < 1.29 is 0 Å². The first-order valence-corrected chi connectivity index (χ1v) is 4.64. The number of aromatic nitrogens is 2. The molecule has 0 saturated heterocycles. The molecule has 70 valence electrons. The molecular weight excluding hydrogens is 176 g/mol. The number of nitrogens with zero attached hydrogens (tertiary/aromatic N) is 2. The van der Waals surface area contributed by atoms with Crippen LogP contribution in [0.25, 0.3) is 10.9 Å². The molecule has 4 heteroatoms. The van der Waals surface area contributed by atoms with Crippen LogP contribution in [0.5, 0.6) is 0 Å². The van der Waals surface area contributed by atoms with Crippen LogP contribution in [-0.4, -0.2) is 16.1 Å². The Morgan fingerprint density at radius 1 is 1.36 bits per heavy atom. The number of anilines is 1. The fraction of sp³-hybridized carbons (Fsp3) is 0.200. The summed E-state index contributed by atoms with van der Waals surface area (Å²) in [5.74, 6) is 1.03. The second-order valence-electron chi connectivity index (χ2n) is 3.38. The first kappa shape index (κ1) is 7.55. The van der Waals surface area contributed by atoms with Gasteiger partial charge in [0.15, 0.2) is 0 Å². The van der Waals surface area contributed by atoms with Crippen LogP contribution < -0.4 is 10.9 Å². The van der Waals surface area contributed by atoms with Gasteiger partial charge in [0, 0.05) is 18.5 Å². The Balaban J connectivity index is 2.52. The molecule has 2 aromatic rings. The van der Waals surface area contributed by atoms with Gasteiger partial charge in [0.25, 0.3) is 0 Å². The number of benzene rings is 1. The predicted octanol–water partition coefficient (Wildman–Crippen LogP) is 0.941. The molecule has 2 N–H and O–H groups in total. The van der Waals surface area contributed by atoms with E-state index in [1.807, 2.05) is 28.8 Å². The lowest BCUT2D eigenvalue weighted by Gasteiger charge is -2.06. The van der Waals surface area contributed by atoms with Crippen molar-refractivity contribution in [1.29, 1.82) is 5.41 Å². The highest BCUT2D eigenvalue weighted by molar-refractivity contribution is 5.89. The molecule has 4 nitrogen and oxygen atoms in total. The van der Waals surface area contributed by atoms with Crippen LogP contribution in [0, 0.1) is 5.41 Å². The summed E-state index contributed by atoms with van der Waals surface area (Å²) < 4.78 is 1.91. The summed E-state index contributed by atoms with van der Waals surface area (Å²) in [4.78, 5) is 4.24. The van der Waals surface area contributed by atoms with Gasteiger partial charge in [-0.15, -0.1) is 0 Å². The molecule has 1 aliphatic heterocycles. The van der Waals surface area contributed by atoms with Crippen LogP contribution in [0.1, 0.15) is 0 Å². The normalized spacial score (nSPS) is 14.0. The fourth-order valence-corrected chi connectivity index (χ4v) is 1.89. The van der Waals surface area contributed by atoms with Crippen LogP contribution in [0.15, 0.2) is 24.3 Å². The Hall–Kier alpha value is -1.84. The summed E-state index contributed by atoms with van der Waals surface area (Å²) >= 11 is 0. The molecule has 2 heterocycles. The van der Waals surface area contributed by atoms with E-state index in [2.05, 4.69) is 10.3 Å². The Kier molecular flexibility index (Phi) is 1.39. The van der Waals surface area contributed by atoms with Crippen LogP contribution >= 0.6 is 0 Å². The third-order valence-electron chi connectivity index (χ3n) is 2.54. The minimum atomic E-state index is 0.337. The maximum atomic E-state index is 7.75. The third kappa shape index (κ3) is 0.878. The smallest absolute Gasteiger partial charge is 0.224 e. The molecule has 1 aliphatic rings. The average molecular weight is 186 g/mol. The van der Waals surface area contributed by atoms with Crippen LogP contribution in [0.3, 0.4) is 0 Å². The molecule has 0 amide bonds. The van der Waals surface area contributed by atoms with E-state index >= 15 is 0 Å². The topological polar surface area (TPSA) is 53.7 Å². The maximum absolute atomic E-state index is 7.75. The van der Waals surface area contributed by atoms with Crippen molar-refractivity contribution in [2.24, 2.45) is 0 Å². The summed E-state index contributed by atoms with van der Waals surface area (Å²) in [5.41, 5.74) is 1.22. The van der Waals surface area contributed by atoms with Crippen molar-refractivity contribution in [1.82, 2.24) is 9.55 Å². The van der Waals surface area contributed by atoms with E-state index in [1.165, 1.54) is 0 Å². The number of hydrogen-bond donors (Lipinski definition) is 2. The van der Waals surface area contributed by atoms with Gasteiger partial charge >= 0.3 is 0 Å². The van der Waals surface area contributed by atoms with Crippen molar-refractivity contribution in [3.8, 4) is 0 Å². The van der Waals surface area contributed by atoms with Crippen LogP contribution in [0.2, 0.25) is 0 Å². The molecule has 0 fully saturated rings. The van der Waals surface area contributed by atoms with Gasteiger partial charge in [-0.05, 0) is 12.1 Å². The van der Waals surface area contributed by atoms with Gasteiger partial charge in [-0.2, -0.15) is 0 Å². The fourth-order valence-electron chi connectivity index (χ4n) is 1.89. The monoisotopic (exact) mass is 186 g/mol. The maximum Gasteiger partial charge on any atom is 0.224 e. The number of rotatable bonds is 0. The summed E-state index contributed by atoms with van der Waals surface area (Å²) in [6.45, 7) is 1.73. The lowest BCUT2D eigenvalue weighted by Crippen LogP contribution is -2.21.